The summed E-state index contributed by atoms with van der Waals surface area (Å²) in [7, 11) is 0. The highest BCUT2D eigenvalue weighted by Crippen LogP contribution is 2.43. The third-order valence-electron chi connectivity index (χ3n) is 4.46. The summed E-state index contributed by atoms with van der Waals surface area (Å²) >= 11 is 0. The first kappa shape index (κ1) is 16.7. The first-order valence-corrected chi connectivity index (χ1v) is 8.36. The number of phenols is 3. The van der Waals surface area contributed by atoms with E-state index in [0.717, 1.165) is 0 Å². The predicted octanol–water partition coefficient (Wildman–Crippen LogP) is 4.20. The highest BCUT2D eigenvalue weighted by molar-refractivity contribution is 6.15. The number of hydrogen-bond acceptors (Lipinski definition) is 5. The molecule has 0 amide bonds. The van der Waals surface area contributed by atoms with E-state index in [2.05, 4.69) is 0 Å². The number of phenolic OH excluding ortho intramolecular Hbond substituents is 3. The Morgan fingerprint density at radius 1 is 0.852 bits per heavy atom. The van der Waals surface area contributed by atoms with Crippen molar-refractivity contribution >= 4 is 11.9 Å². The normalized spacial score (nSPS) is 17.4. The Labute approximate surface area is 155 Å². The summed E-state index contributed by atoms with van der Waals surface area (Å²) in [5.41, 5.74) is 1.36. The lowest BCUT2D eigenvalue weighted by molar-refractivity contribution is 0.0961. The summed E-state index contributed by atoms with van der Waals surface area (Å²) in [5, 5.41) is 30.1. The third-order valence-corrected chi connectivity index (χ3v) is 4.46. The number of ether oxygens (including phenoxy) is 1. The molecule has 134 valence electrons. The highest BCUT2D eigenvalue weighted by atomic mass is 16.5. The fraction of sp³-hybridized carbons (Fsp3) is 0.0455. The molecule has 0 fully saturated rings. The fourth-order valence-electron chi connectivity index (χ4n) is 3.12. The Hall–Kier alpha value is -3.73. The summed E-state index contributed by atoms with van der Waals surface area (Å²) in [5.74, 6) is -0.0472. The molecule has 27 heavy (non-hydrogen) atoms. The van der Waals surface area contributed by atoms with Crippen LogP contribution < -0.4 is 4.74 Å². The second kappa shape index (κ2) is 6.53. The first-order chi connectivity index (χ1) is 13.0. The van der Waals surface area contributed by atoms with E-state index in [0.29, 0.717) is 16.9 Å². The van der Waals surface area contributed by atoms with E-state index in [9.17, 15) is 20.1 Å². The van der Waals surface area contributed by atoms with Gasteiger partial charge in [-0.25, -0.2) is 0 Å². The van der Waals surface area contributed by atoms with Gasteiger partial charge in [0.05, 0.1) is 5.56 Å². The summed E-state index contributed by atoms with van der Waals surface area (Å²) < 4.78 is 6.01. The van der Waals surface area contributed by atoms with Gasteiger partial charge in [-0.3, -0.25) is 4.79 Å². The second-order valence-electron chi connectivity index (χ2n) is 6.22. The molecule has 1 unspecified atom stereocenters. The zero-order valence-electron chi connectivity index (χ0n) is 14.2. The van der Waals surface area contributed by atoms with Crippen LogP contribution in [0.15, 0.2) is 72.3 Å². The van der Waals surface area contributed by atoms with Crippen LogP contribution in [0.5, 0.6) is 23.0 Å². The number of Topliss-reactive ketones (excluding diaryl/α,β-unsaturated/α-hetero) is 1. The van der Waals surface area contributed by atoms with Crippen molar-refractivity contribution in [3.63, 3.8) is 0 Å². The van der Waals surface area contributed by atoms with E-state index in [1.165, 1.54) is 30.3 Å². The molecule has 0 aromatic heterocycles. The first-order valence-electron chi connectivity index (χ1n) is 8.36. The van der Waals surface area contributed by atoms with Gasteiger partial charge in [-0.05, 0) is 36.4 Å². The van der Waals surface area contributed by atoms with Crippen molar-refractivity contribution < 1.29 is 24.9 Å². The topological polar surface area (TPSA) is 87.0 Å². The Balaban J connectivity index is 1.92. The molecule has 3 aromatic carbocycles. The van der Waals surface area contributed by atoms with Gasteiger partial charge in [0.25, 0.3) is 0 Å². The predicted molar refractivity (Wildman–Crippen MR) is 100.0 cm³/mol. The quantitative estimate of drug-likeness (QED) is 0.596. The largest absolute Gasteiger partial charge is 0.508 e. The van der Waals surface area contributed by atoms with Gasteiger partial charge in [-0.2, -0.15) is 0 Å². The van der Waals surface area contributed by atoms with Crippen molar-refractivity contribution in [1.29, 1.82) is 0 Å². The molecule has 3 N–H and O–H groups in total. The van der Waals surface area contributed by atoms with E-state index >= 15 is 0 Å². The lowest BCUT2D eigenvalue weighted by atomic mass is 9.89. The van der Waals surface area contributed by atoms with Gasteiger partial charge >= 0.3 is 0 Å². The minimum atomic E-state index is -0.852. The van der Waals surface area contributed by atoms with Crippen LogP contribution in [0, 0.1) is 0 Å². The van der Waals surface area contributed by atoms with E-state index < -0.39 is 6.10 Å². The number of carbonyl (C=O) groups excluding carboxylic acids is 1. The van der Waals surface area contributed by atoms with Crippen LogP contribution in [-0.4, -0.2) is 21.1 Å². The molecule has 1 aliphatic rings. The van der Waals surface area contributed by atoms with Crippen molar-refractivity contribution in [2.75, 3.05) is 0 Å². The minimum Gasteiger partial charge on any atom is -0.508 e. The Morgan fingerprint density at radius 3 is 2.30 bits per heavy atom. The summed E-state index contributed by atoms with van der Waals surface area (Å²) in [6.45, 7) is 0. The summed E-state index contributed by atoms with van der Waals surface area (Å²) in [6.07, 6.45) is 0.692. The molecule has 5 nitrogen and oxygen atoms in total. The lowest BCUT2D eigenvalue weighted by Crippen LogP contribution is -2.23. The van der Waals surface area contributed by atoms with Crippen LogP contribution >= 0.6 is 0 Å². The number of aromatic hydroxyl groups is 3. The number of para-hydroxylation sites is 2. The minimum absolute atomic E-state index is 0.000659. The van der Waals surface area contributed by atoms with Crippen LogP contribution in [0.2, 0.25) is 0 Å². The molecule has 4 rings (SSSR count). The maximum Gasteiger partial charge on any atom is 0.196 e. The van der Waals surface area contributed by atoms with Crippen LogP contribution in [0.1, 0.15) is 27.6 Å². The van der Waals surface area contributed by atoms with Crippen LogP contribution in [0.3, 0.4) is 0 Å². The van der Waals surface area contributed by atoms with Gasteiger partial charge in [0.15, 0.2) is 11.9 Å². The van der Waals surface area contributed by atoms with E-state index in [1.807, 2.05) is 0 Å². The molecule has 0 bridgehead atoms. The average Bonchev–Trinajstić information content (AvgIpc) is 2.66. The molecule has 0 saturated carbocycles. The maximum absolute atomic E-state index is 13.2. The molecule has 1 aliphatic heterocycles. The standard InChI is InChI=1S/C22H16O5/c23-14-9-10-20-16(12-14)21(26)17(11-13-5-1-3-7-18(13)24)22(27-20)15-6-2-4-8-19(15)25/h1-12,22-25H. The van der Waals surface area contributed by atoms with Gasteiger partial charge in [0.1, 0.15) is 23.0 Å². The van der Waals surface area contributed by atoms with Gasteiger partial charge in [0.2, 0.25) is 0 Å². The molecule has 5 heteroatoms. The van der Waals surface area contributed by atoms with Crippen LogP contribution in [-0.2, 0) is 0 Å². The molecule has 1 heterocycles. The highest BCUT2D eigenvalue weighted by Gasteiger charge is 2.34. The van der Waals surface area contributed by atoms with E-state index in [1.54, 1.807) is 42.5 Å². The maximum atomic E-state index is 13.2. The van der Waals surface area contributed by atoms with Crippen LogP contribution in [0.25, 0.3) is 6.08 Å². The second-order valence-corrected chi connectivity index (χ2v) is 6.22. The van der Waals surface area contributed by atoms with Crippen molar-refractivity contribution in [2.45, 2.75) is 6.10 Å². The zero-order valence-corrected chi connectivity index (χ0v) is 14.2. The Bertz CT molecular complexity index is 1070. The van der Waals surface area contributed by atoms with Gasteiger partial charge < -0.3 is 20.1 Å². The Morgan fingerprint density at radius 2 is 1.56 bits per heavy atom. The fourth-order valence-corrected chi connectivity index (χ4v) is 3.12. The van der Waals surface area contributed by atoms with E-state index in [4.69, 9.17) is 4.74 Å². The number of rotatable bonds is 2. The third kappa shape index (κ3) is 3.00. The number of carbonyl (C=O) groups is 1. The zero-order chi connectivity index (χ0) is 19.0. The Kier molecular flexibility index (Phi) is 4.05. The van der Waals surface area contributed by atoms with Crippen molar-refractivity contribution in [3.8, 4) is 23.0 Å². The van der Waals surface area contributed by atoms with Crippen molar-refractivity contribution in [3.05, 3.63) is 89.0 Å². The SMILES string of the molecule is O=C1C(=Cc2ccccc2O)C(c2ccccc2O)Oc2ccc(O)cc21. The van der Waals surface area contributed by atoms with Gasteiger partial charge in [-0.1, -0.05) is 36.4 Å². The smallest absolute Gasteiger partial charge is 0.196 e. The molecular weight excluding hydrogens is 344 g/mol. The van der Waals surface area contributed by atoms with Gasteiger partial charge in [0, 0.05) is 16.7 Å². The van der Waals surface area contributed by atoms with Crippen LogP contribution in [0.4, 0.5) is 0 Å². The average molecular weight is 360 g/mol. The summed E-state index contributed by atoms with van der Waals surface area (Å²) in [4.78, 5) is 13.2. The number of ketones is 1. The lowest BCUT2D eigenvalue weighted by Gasteiger charge is -2.28. The molecule has 0 aliphatic carbocycles. The van der Waals surface area contributed by atoms with E-state index in [-0.39, 0.29) is 34.2 Å². The molecule has 0 radical (unpaired) electrons. The summed E-state index contributed by atoms with van der Waals surface area (Å²) in [6, 6.07) is 17.6. The molecule has 3 aromatic rings. The molecule has 0 saturated heterocycles. The number of fused-ring (bicyclic) bond motifs is 1. The molecule has 0 spiro atoms. The molecule has 1 atom stereocenters. The molecular formula is C22H16O5. The number of benzene rings is 3. The van der Waals surface area contributed by atoms with Gasteiger partial charge in [-0.15, -0.1) is 0 Å². The van der Waals surface area contributed by atoms with Crippen molar-refractivity contribution in [1.82, 2.24) is 0 Å². The monoisotopic (exact) mass is 360 g/mol. The number of hydrogen-bond donors (Lipinski definition) is 3. The van der Waals surface area contributed by atoms with Crippen molar-refractivity contribution in [2.24, 2.45) is 0 Å².